The van der Waals surface area contributed by atoms with Crippen molar-refractivity contribution in [2.75, 3.05) is 18.9 Å². The maximum atomic E-state index is 12.4. The Labute approximate surface area is 176 Å². The highest BCUT2D eigenvalue weighted by molar-refractivity contribution is 5.95. The molecule has 0 aliphatic heterocycles. The van der Waals surface area contributed by atoms with Crippen LogP contribution in [0, 0.1) is 20.8 Å². The van der Waals surface area contributed by atoms with Gasteiger partial charge in [-0.1, -0.05) is 53.2 Å². The van der Waals surface area contributed by atoms with Gasteiger partial charge in [0.1, 0.15) is 0 Å². The van der Waals surface area contributed by atoms with Crippen LogP contribution in [0.2, 0.25) is 0 Å². The molecule has 1 heterocycles. The molecular formula is C23H26N4O3. The average molecular weight is 406 g/mol. The van der Waals surface area contributed by atoms with Crippen LogP contribution in [0.25, 0.3) is 11.4 Å². The van der Waals surface area contributed by atoms with E-state index in [4.69, 9.17) is 4.52 Å². The van der Waals surface area contributed by atoms with Gasteiger partial charge in [-0.05, 0) is 31.9 Å². The van der Waals surface area contributed by atoms with Gasteiger partial charge in [-0.2, -0.15) is 4.98 Å². The molecule has 3 rings (SSSR count). The Morgan fingerprint density at radius 3 is 2.40 bits per heavy atom. The molecule has 1 aromatic heterocycles. The molecule has 7 heteroatoms. The minimum atomic E-state index is -0.231. The Hall–Kier alpha value is -3.48. The summed E-state index contributed by atoms with van der Waals surface area (Å²) >= 11 is 0. The van der Waals surface area contributed by atoms with E-state index in [1.807, 2.05) is 63.2 Å². The van der Waals surface area contributed by atoms with Crippen molar-refractivity contribution < 1.29 is 14.1 Å². The van der Waals surface area contributed by atoms with Gasteiger partial charge >= 0.3 is 0 Å². The Morgan fingerprint density at radius 2 is 1.73 bits per heavy atom. The molecule has 2 amide bonds. The number of nitrogens with zero attached hydrogens (tertiary/aromatic N) is 3. The lowest BCUT2D eigenvalue weighted by Gasteiger charge is -2.18. The van der Waals surface area contributed by atoms with Crippen LogP contribution in [0.3, 0.4) is 0 Å². The minimum absolute atomic E-state index is 0.0231. The van der Waals surface area contributed by atoms with Gasteiger partial charge < -0.3 is 14.7 Å². The number of aromatic nitrogens is 2. The molecule has 0 fully saturated rings. The summed E-state index contributed by atoms with van der Waals surface area (Å²) in [6.07, 6.45) is 0.504. The van der Waals surface area contributed by atoms with E-state index in [-0.39, 0.29) is 24.8 Å². The lowest BCUT2D eigenvalue weighted by molar-refractivity contribution is -0.133. The molecule has 0 radical (unpaired) electrons. The smallest absolute Gasteiger partial charge is 0.243 e. The number of nitrogens with one attached hydrogen (secondary N) is 1. The van der Waals surface area contributed by atoms with E-state index in [1.165, 1.54) is 4.90 Å². The molecule has 2 aromatic carbocycles. The fourth-order valence-corrected chi connectivity index (χ4v) is 3.33. The van der Waals surface area contributed by atoms with E-state index in [9.17, 15) is 9.59 Å². The van der Waals surface area contributed by atoms with Gasteiger partial charge in [0.05, 0.1) is 6.54 Å². The second-order valence-electron chi connectivity index (χ2n) is 7.45. The average Bonchev–Trinajstić information content (AvgIpc) is 3.18. The fourth-order valence-electron chi connectivity index (χ4n) is 3.33. The Kier molecular flexibility index (Phi) is 6.61. The topological polar surface area (TPSA) is 88.3 Å². The van der Waals surface area contributed by atoms with Crippen molar-refractivity contribution in [1.82, 2.24) is 15.0 Å². The zero-order chi connectivity index (χ0) is 21.7. The highest BCUT2D eigenvalue weighted by atomic mass is 16.5. The first-order valence-corrected chi connectivity index (χ1v) is 9.83. The number of hydrogen-bond donors (Lipinski definition) is 1. The third-order valence-electron chi connectivity index (χ3n) is 4.80. The zero-order valence-corrected chi connectivity index (χ0v) is 17.7. The normalized spacial score (nSPS) is 10.7. The summed E-state index contributed by atoms with van der Waals surface area (Å²) in [5, 5.41) is 6.87. The van der Waals surface area contributed by atoms with Gasteiger partial charge in [-0.3, -0.25) is 9.59 Å². The lowest BCUT2D eigenvalue weighted by atomic mass is 10.1. The predicted molar refractivity (Wildman–Crippen MR) is 115 cm³/mol. The number of hydrogen-bond acceptors (Lipinski definition) is 5. The van der Waals surface area contributed by atoms with E-state index < -0.39 is 0 Å². The predicted octanol–water partition coefficient (Wildman–Crippen LogP) is 3.69. The van der Waals surface area contributed by atoms with Crippen molar-refractivity contribution in [2.45, 2.75) is 33.6 Å². The van der Waals surface area contributed by atoms with Crippen molar-refractivity contribution in [2.24, 2.45) is 0 Å². The number of rotatable bonds is 7. The second kappa shape index (κ2) is 9.35. The van der Waals surface area contributed by atoms with Gasteiger partial charge in [0.2, 0.25) is 23.5 Å². The van der Waals surface area contributed by atoms with Crippen molar-refractivity contribution in [3.8, 4) is 11.4 Å². The van der Waals surface area contributed by atoms with Gasteiger partial charge in [0.15, 0.2) is 0 Å². The molecule has 3 aromatic rings. The van der Waals surface area contributed by atoms with Crippen LogP contribution in [0.15, 0.2) is 47.0 Å². The highest BCUT2D eigenvalue weighted by Crippen LogP contribution is 2.22. The van der Waals surface area contributed by atoms with Gasteiger partial charge in [-0.15, -0.1) is 0 Å². The SMILES string of the molecule is Cc1cc(C)c(NC(=O)CN(C)C(=O)CCc2nc(-c3ccccc3)no2)c(C)c1. The summed E-state index contributed by atoms with van der Waals surface area (Å²) in [5.74, 6) is 0.493. The van der Waals surface area contributed by atoms with E-state index in [0.717, 1.165) is 27.9 Å². The van der Waals surface area contributed by atoms with Crippen LogP contribution >= 0.6 is 0 Å². The first kappa shape index (κ1) is 21.2. The van der Waals surface area contributed by atoms with Crippen LogP contribution in [0.4, 0.5) is 5.69 Å². The molecule has 156 valence electrons. The van der Waals surface area contributed by atoms with E-state index in [1.54, 1.807) is 7.05 Å². The van der Waals surface area contributed by atoms with E-state index in [2.05, 4.69) is 15.5 Å². The third kappa shape index (κ3) is 5.31. The molecule has 0 spiro atoms. The Balaban J connectivity index is 1.51. The van der Waals surface area contributed by atoms with Gasteiger partial charge in [0.25, 0.3) is 0 Å². The maximum Gasteiger partial charge on any atom is 0.243 e. The van der Waals surface area contributed by atoms with Gasteiger partial charge in [-0.25, -0.2) is 0 Å². The van der Waals surface area contributed by atoms with Crippen molar-refractivity contribution >= 4 is 17.5 Å². The summed E-state index contributed by atoms with van der Waals surface area (Å²) in [6.45, 7) is 5.91. The third-order valence-corrected chi connectivity index (χ3v) is 4.80. The molecule has 0 unspecified atom stereocenters. The number of carbonyl (C=O) groups excluding carboxylic acids is 2. The van der Waals surface area contributed by atoms with Crippen molar-refractivity contribution in [3.63, 3.8) is 0 Å². The fraction of sp³-hybridized carbons (Fsp3) is 0.304. The van der Waals surface area contributed by atoms with Crippen molar-refractivity contribution in [3.05, 3.63) is 65.0 Å². The quantitative estimate of drug-likeness (QED) is 0.646. The first-order chi connectivity index (χ1) is 14.3. The number of anilines is 1. The number of aryl methyl sites for hydroxylation is 4. The molecule has 1 N–H and O–H groups in total. The minimum Gasteiger partial charge on any atom is -0.339 e. The monoisotopic (exact) mass is 406 g/mol. The summed E-state index contributed by atoms with van der Waals surface area (Å²) in [6, 6.07) is 13.5. The summed E-state index contributed by atoms with van der Waals surface area (Å²) < 4.78 is 5.23. The van der Waals surface area contributed by atoms with Crippen LogP contribution < -0.4 is 5.32 Å². The summed E-state index contributed by atoms with van der Waals surface area (Å²) in [7, 11) is 1.61. The molecule has 0 atom stereocenters. The summed E-state index contributed by atoms with van der Waals surface area (Å²) in [4.78, 5) is 30.6. The van der Waals surface area contributed by atoms with E-state index in [0.29, 0.717) is 18.1 Å². The molecule has 0 saturated carbocycles. The molecule has 0 bridgehead atoms. The standard InChI is InChI=1S/C23H26N4O3/c1-15-12-16(2)22(17(3)13-15)24-19(28)14-27(4)21(29)11-10-20-25-23(26-30-20)18-8-6-5-7-9-18/h5-9,12-13H,10-11,14H2,1-4H3,(H,24,28). The molecule has 30 heavy (non-hydrogen) atoms. The number of likely N-dealkylation sites (N-methyl/N-ethyl adjacent to an activating group) is 1. The van der Waals surface area contributed by atoms with Crippen LogP contribution in [-0.4, -0.2) is 40.4 Å². The second-order valence-corrected chi connectivity index (χ2v) is 7.45. The number of amides is 2. The van der Waals surface area contributed by atoms with Crippen LogP contribution in [0.1, 0.15) is 29.0 Å². The maximum absolute atomic E-state index is 12.4. The number of carbonyl (C=O) groups is 2. The number of benzene rings is 2. The molecule has 0 saturated heterocycles. The highest BCUT2D eigenvalue weighted by Gasteiger charge is 2.16. The van der Waals surface area contributed by atoms with Crippen LogP contribution in [0.5, 0.6) is 0 Å². The van der Waals surface area contributed by atoms with Crippen molar-refractivity contribution in [1.29, 1.82) is 0 Å². The lowest BCUT2D eigenvalue weighted by Crippen LogP contribution is -2.35. The first-order valence-electron chi connectivity index (χ1n) is 9.83. The van der Waals surface area contributed by atoms with E-state index >= 15 is 0 Å². The molecule has 0 aliphatic carbocycles. The molecule has 7 nitrogen and oxygen atoms in total. The Bertz CT molecular complexity index is 1020. The Morgan fingerprint density at radius 1 is 1.07 bits per heavy atom. The molecular weight excluding hydrogens is 380 g/mol. The van der Waals surface area contributed by atoms with Crippen LogP contribution in [-0.2, 0) is 16.0 Å². The summed E-state index contributed by atoms with van der Waals surface area (Å²) in [5.41, 5.74) is 4.80. The molecule has 0 aliphatic rings. The largest absolute Gasteiger partial charge is 0.339 e. The zero-order valence-electron chi connectivity index (χ0n) is 17.7. The van der Waals surface area contributed by atoms with Gasteiger partial charge in [0, 0.05) is 31.1 Å².